The Morgan fingerprint density at radius 1 is 0.500 bits per heavy atom. The number of rotatable bonds is 0. The molecule has 0 bridgehead atoms. The number of hydrogen-bond donors (Lipinski definition) is 0. The summed E-state index contributed by atoms with van der Waals surface area (Å²) in [6, 6.07) is 0. The Morgan fingerprint density at radius 3 is 0.500 bits per heavy atom. The molecule has 0 aromatic heterocycles. The van der Waals surface area contributed by atoms with E-state index in [0.717, 1.165) is 0 Å². The summed E-state index contributed by atoms with van der Waals surface area (Å²) in [6.07, 6.45) is 0. The molecular weight excluding hydrogens is 217 g/mol. The van der Waals surface area contributed by atoms with Crippen molar-refractivity contribution >= 4 is 0 Å². The molecule has 4 heavy (non-hydrogen) atoms. The van der Waals surface area contributed by atoms with Crippen LogP contribution in [0.4, 0.5) is 0 Å². The van der Waals surface area contributed by atoms with Gasteiger partial charge in [-0.1, -0.05) is 0 Å². The molecule has 0 fully saturated rings. The molecule has 1 radical (unpaired) electrons. The van der Waals surface area contributed by atoms with E-state index in [2.05, 4.69) is 0 Å². The summed E-state index contributed by atoms with van der Waals surface area (Å²) >= 11 is 0. The molecule has 0 N–H and O–H groups in total. The molecule has 0 aromatic rings. The maximum atomic E-state index is 0. The van der Waals surface area contributed by atoms with Crippen molar-refractivity contribution in [2.75, 3.05) is 0 Å². The molecule has 0 aliphatic heterocycles. The van der Waals surface area contributed by atoms with Gasteiger partial charge in [0.15, 0.2) is 0 Å². The first kappa shape index (κ1) is 121. The summed E-state index contributed by atoms with van der Waals surface area (Å²) in [6.45, 7) is 0. The van der Waals surface area contributed by atoms with Gasteiger partial charge in [0.05, 0.1) is 0 Å². The van der Waals surface area contributed by atoms with Gasteiger partial charge in [0.1, 0.15) is 0 Å². The predicted octanol–water partition coefficient (Wildman–Crippen LogP) is 1.35. The topological polar surface area (TPSA) is 0 Å². The van der Waals surface area contributed by atoms with Crippen molar-refractivity contribution in [1.82, 2.24) is 0 Å². The minimum absolute atomic E-state index is 0. The van der Waals surface area contributed by atoms with Crippen LogP contribution < -0.4 is 0 Å². The second-order valence-electron chi connectivity index (χ2n) is 0. The average Bonchev–Trinajstić information content (AvgIpc) is 0. The molecule has 0 atom stereocenters. The maximum Gasteiger partial charge on any atom is 0 e. The molecule has 0 rings (SSSR count). The molecule has 0 amide bonds. The Morgan fingerprint density at radius 2 is 0.500 bits per heavy atom. The van der Waals surface area contributed by atoms with Crippen molar-refractivity contribution in [2.45, 2.75) is 0 Å². The van der Waals surface area contributed by atoms with Crippen LogP contribution in [0.3, 0.4) is 0 Å². The smallest absolute Gasteiger partial charge is 0 e. The molecule has 0 spiro atoms. The fourth-order valence-corrected chi connectivity index (χ4v) is 0. The van der Waals surface area contributed by atoms with Gasteiger partial charge in [0.25, 0.3) is 0 Å². The van der Waals surface area contributed by atoms with E-state index in [1.165, 1.54) is 0 Å². The van der Waals surface area contributed by atoms with E-state index in [-0.39, 0.29) is 44.7 Å². The van der Waals surface area contributed by atoms with Gasteiger partial charge in [-0.25, -0.2) is 0 Å². The van der Waals surface area contributed by atoms with E-state index >= 15 is 0 Å². The SMILES string of the molecule is [CH3-].[CH3-].[CH3-].[Ta]. The summed E-state index contributed by atoms with van der Waals surface area (Å²) in [5.74, 6) is 0. The minimum atomic E-state index is 0. The summed E-state index contributed by atoms with van der Waals surface area (Å²) in [7, 11) is 0. The molecule has 29 valence electrons. The zero-order valence-electron chi connectivity index (χ0n) is 3.45. The summed E-state index contributed by atoms with van der Waals surface area (Å²) < 4.78 is 0. The normalized spacial score (nSPS) is 0. The van der Waals surface area contributed by atoms with E-state index in [0.29, 0.717) is 0 Å². The largest absolute Gasteiger partial charge is 0.358 e. The van der Waals surface area contributed by atoms with Crippen molar-refractivity contribution in [3.8, 4) is 0 Å². The molecule has 0 saturated heterocycles. The molecule has 0 aliphatic carbocycles. The Hall–Kier alpha value is 0.740. The zero-order valence-corrected chi connectivity index (χ0v) is 6.66. The third kappa shape index (κ3) is 15.1. The molecule has 1 heteroatoms. The van der Waals surface area contributed by atoms with Gasteiger partial charge in [0.2, 0.25) is 0 Å². The second kappa shape index (κ2) is 51.3. The number of hydrogen-bond acceptors (Lipinski definition) is 0. The monoisotopic (exact) mass is 226 g/mol. The van der Waals surface area contributed by atoms with Crippen LogP contribution in [0.25, 0.3) is 0 Å². The Labute approximate surface area is 45.1 Å². The first-order chi connectivity index (χ1) is 0. The first-order valence-electron chi connectivity index (χ1n) is 0. The van der Waals surface area contributed by atoms with Crippen LogP contribution in [0.1, 0.15) is 0 Å². The van der Waals surface area contributed by atoms with Crippen LogP contribution in [-0.4, -0.2) is 0 Å². The van der Waals surface area contributed by atoms with Crippen molar-refractivity contribution in [3.63, 3.8) is 0 Å². The molecule has 0 heterocycles. The minimum Gasteiger partial charge on any atom is -0.358 e. The first-order valence-corrected chi connectivity index (χ1v) is 0. The Balaban J connectivity index is 0. The van der Waals surface area contributed by atoms with Gasteiger partial charge in [-0.3, -0.25) is 0 Å². The van der Waals surface area contributed by atoms with Gasteiger partial charge in [0, 0.05) is 22.4 Å². The second-order valence-corrected chi connectivity index (χ2v) is 0. The Bertz CT molecular complexity index is 3.25. The summed E-state index contributed by atoms with van der Waals surface area (Å²) in [5, 5.41) is 0. The molecular formula is C3H9Ta-3. The third-order valence-electron chi connectivity index (χ3n) is 0. The predicted molar refractivity (Wildman–Crippen MR) is 19.2 cm³/mol. The van der Waals surface area contributed by atoms with Crippen molar-refractivity contribution in [2.24, 2.45) is 0 Å². The van der Waals surface area contributed by atoms with Crippen molar-refractivity contribution in [3.05, 3.63) is 22.3 Å². The standard InChI is InChI=1S/3CH3.Ta/h3*1H3;/q3*-1;. The van der Waals surface area contributed by atoms with Crippen LogP contribution in [0.5, 0.6) is 0 Å². The quantitative estimate of drug-likeness (QED) is 0.547. The van der Waals surface area contributed by atoms with Gasteiger partial charge in [-0.05, 0) is 0 Å². The van der Waals surface area contributed by atoms with Crippen LogP contribution in [-0.2, 0) is 22.4 Å². The van der Waals surface area contributed by atoms with Gasteiger partial charge < -0.3 is 22.3 Å². The summed E-state index contributed by atoms with van der Waals surface area (Å²) in [5.41, 5.74) is 0. The van der Waals surface area contributed by atoms with E-state index in [9.17, 15) is 0 Å². The van der Waals surface area contributed by atoms with Gasteiger partial charge in [-0.2, -0.15) is 0 Å². The van der Waals surface area contributed by atoms with Crippen molar-refractivity contribution < 1.29 is 22.4 Å². The van der Waals surface area contributed by atoms with E-state index in [1.807, 2.05) is 0 Å². The van der Waals surface area contributed by atoms with Crippen LogP contribution >= 0.6 is 0 Å². The van der Waals surface area contributed by atoms with Gasteiger partial charge >= 0.3 is 0 Å². The molecule has 0 aliphatic rings. The van der Waals surface area contributed by atoms with Crippen LogP contribution in [0, 0.1) is 22.3 Å². The fraction of sp³-hybridized carbons (Fsp3) is 0. The van der Waals surface area contributed by atoms with E-state index in [1.54, 1.807) is 0 Å². The molecule has 0 unspecified atom stereocenters. The van der Waals surface area contributed by atoms with Gasteiger partial charge in [-0.15, -0.1) is 0 Å². The molecule has 0 aromatic carbocycles. The van der Waals surface area contributed by atoms with Crippen molar-refractivity contribution in [1.29, 1.82) is 0 Å². The van der Waals surface area contributed by atoms with E-state index < -0.39 is 0 Å². The zero-order chi connectivity index (χ0) is 0. The average molecular weight is 226 g/mol. The van der Waals surface area contributed by atoms with Crippen LogP contribution in [0.15, 0.2) is 0 Å². The molecule has 0 nitrogen and oxygen atoms in total. The molecule has 0 saturated carbocycles. The van der Waals surface area contributed by atoms with Crippen LogP contribution in [0.2, 0.25) is 0 Å². The maximum absolute atomic E-state index is 0. The van der Waals surface area contributed by atoms with E-state index in [4.69, 9.17) is 0 Å². The fourth-order valence-electron chi connectivity index (χ4n) is 0. The third-order valence-corrected chi connectivity index (χ3v) is 0. The Kier molecular flexibility index (Phi) is 1550. The summed E-state index contributed by atoms with van der Waals surface area (Å²) in [4.78, 5) is 0.